The molecule has 3 aromatic rings. The summed E-state index contributed by atoms with van der Waals surface area (Å²) < 4.78 is 26.9. The fourth-order valence-electron chi connectivity index (χ4n) is 2.80. The van der Waals surface area contributed by atoms with Gasteiger partial charge in [-0.15, -0.1) is 0 Å². The van der Waals surface area contributed by atoms with Gasteiger partial charge in [0.25, 0.3) is 0 Å². The van der Waals surface area contributed by atoms with Crippen LogP contribution in [0.3, 0.4) is 0 Å². The Morgan fingerprint density at radius 2 is 1.74 bits per heavy atom. The second-order valence-corrected chi connectivity index (χ2v) is 7.81. The van der Waals surface area contributed by atoms with E-state index in [9.17, 15) is 13.9 Å². The second kappa shape index (κ2) is 8.67. The van der Waals surface area contributed by atoms with Crippen LogP contribution in [0.5, 0.6) is 0 Å². The van der Waals surface area contributed by atoms with Crippen LogP contribution in [0.2, 0.25) is 0 Å². The summed E-state index contributed by atoms with van der Waals surface area (Å²) in [5.74, 6) is -0.632. The van der Waals surface area contributed by atoms with Gasteiger partial charge in [0.05, 0.1) is 5.69 Å². The summed E-state index contributed by atoms with van der Waals surface area (Å²) in [7, 11) is 0. The Morgan fingerprint density at radius 1 is 1.07 bits per heavy atom. The molecule has 0 aliphatic rings. The van der Waals surface area contributed by atoms with Crippen molar-refractivity contribution in [2.45, 2.75) is 48.6 Å². The highest BCUT2D eigenvalue weighted by Gasteiger charge is 2.19. The Hall–Kier alpha value is -2.18. The average Bonchev–Trinajstić information content (AvgIpc) is 3.04. The first-order chi connectivity index (χ1) is 12.9. The number of benzene rings is 2. The van der Waals surface area contributed by atoms with Gasteiger partial charge in [0.1, 0.15) is 28.6 Å². The fraction of sp³-hybridized carbons (Fsp3) is 0.286. The molecule has 1 unspecified atom stereocenters. The van der Waals surface area contributed by atoms with Gasteiger partial charge in [-0.2, -0.15) is 0 Å². The van der Waals surface area contributed by atoms with Crippen molar-refractivity contribution in [2.24, 2.45) is 0 Å². The van der Waals surface area contributed by atoms with E-state index in [0.29, 0.717) is 22.2 Å². The molecule has 142 valence electrons. The quantitative estimate of drug-likeness (QED) is 0.552. The maximum absolute atomic E-state index is 13.5. The number of H-pyrrole nitrogens is 1. The number of hydrogen-bond acceptors (Lipinski definition) is 3. The molecule has 0 saturated heterocycles. The van der Waals surface area contributed by atoms with Gasteiger partial charge >= 0.3 is 0 Å². The van der Waals surface area contributed by atoms with Crippen molar-refractivity contribution in [3.63, 3.8) is 0 Å². The van der Waals surface area contributed by atoms with Crippen LogP contribution in [0.25, 0.3) is 0 Å². The number of imidazole rings is 1. The minimum absolute atomic E-state index is 0.133. The number of nitrogens with zero attached hydrogens (tertiary/aromatic N) is 1. The Bertz CT molecular complexity index is 876. The fourth-order valence-corrected chi connectivity index (χ4v) is 3.91. The van der Waals surface area contributed by atoms with Crippen LogP contribution in [-0.2, 0) is 6.42 Å². The van der Waals surface area contributed by atoms with Crippen LogP contribution in [0, 0.1) is 11.6 Å². The zero-order chi connectivity index (χ0) is 19.4. The summed E-state index contributed by atoms with van der Waals surface area (Å²) in [6.07, 6.45) is 0.534. The normalized spacial score (nSPS) is 12.5. The summed E-state index contributed by atoms with van der Waals surface area (Å²) in [6, 6.07) is 13.3. The maximum Gasteiger partial charge on any atom is 0.136 e. The van der Waals surface area contributed by atoms with Crippen LogP contribution in [0.15, 0.2) is 58.5 Å². The smallest absolute Gasteiger partial charge is 0.136 e. The standard InChI is InChI=1S/C21H22F2N2OS/c1-13(2)19-21(27-17-11-15(22)10-16(23)12-17)25-20(24-19)18(26)9-8-14-6-4-3-5-7-14/h3-7,10-13,18,26H,8-9H2,1-2H3,(H,24,25). The number of hydrogen-bond donors (Lipinski definition) is 2. The summed E-state index contributed by atoms with van der Waals surface area (Å²) in [5, 5.41) is 11.2. The number of aryl methyl sites for hydroxylation is 1. The van der Waals surface area contributed by atoms with Crippen LogP contribution < -0.4 is 0 Å². The van der Waals surface area contributed by atoms with Gasteiger partial charge in [0, 0.05) is 11.0 Å². The van der Waals surface area contributed by atoms with Gasteiger partial charge in [-0.25, -0.2) is 13.8 Å². The molecule has 3 nitrogen and oxygen atoms in total. The van der Waals surface area contributed by atoms with Crippen molar-refractivity contribution in [3.8, 4) is 0 Å². The molecule has 0 bridgehead atoms. The summed E-state index contributed by atoms with van der Waals surface area (Å²) >= 11 is 1.19. The average molecular weight is 388 g/mol. The lowest BCUT2D eigenvalue weighted by Gasteiger charge is -2.08. The van der Waals surface area contributed by atoms with Crippen LogP contribution in [0.4, 0.5) is 8.78 Å². The molecule has 6 heteroatoms. The highest BCUT2D eigenvalue weighted by atomic mass is 32.2. The number of aromatic nitrogens is 2. The number of halogens is 2. The monoisotopic (exact) mass is 388 g/mol. The van der Waals surface area contributed by atoms with E-state index in [4.69, 9.17) is 0 Å². The van der Waals surface area contributed by atoms with Gasteiger partial charge in [-0.3, -0.25) is 0 Å². The van der Waals surface area contributed by atoms with E-state index in [1.165, 1.54) is 23.9 Å². The number of aliphatic hydroxyl groups is 1. The van der Waals surface area contributed by atoms with E-state index in [2.05, 4.69) is 9.97 Å². The van der Waals surface area contributed by atoms with Gasteiger partial charge in [-0.1, -0.05) is 55.9 Å². The first-order valence-corrected chi connectivity index (χ1v) is 9.69. The van der Waals surface area contributed by atoms with E-state index < -0.39 is 17.7 Å². The van der Waals surface area contributed by atoms with Gasteiger partial charge < -0.3 is 10.1 Å². The van der Waals surface area contributed by atoms with Gasteiger partial charge in [-0.05, 0) is 36.5 Å². The van der Waals surface area contributed by atoms with E-state index in [-0.39, 0.29) is 5.92 Å². The van der Waals surface area contributed by atoms with E-state index in [1.54, 1.807) is 0 Å². The van der Waals surface area contributed by atoms with Crippen molar-refractivity contribution in [1.82, 2.24) is 9.97 Å². The zero-order valence-corrected chi connectivity index (χ0v) is 16.1. The molecule has 0 radical (unpaired) electrons. The van der Waals surface area contributed by atoms with Gasteiger partial charge in [0.2, 0.25) is 0 Å². The lowest BCUT2D eigenvalue weighted by molar-refractivity contribution is 0.158. The number of aromatic amines is 1. The predicted octanol–water partition coefficient (Wildman–Crippen LogP) is 5.63. The molecule has 1 heterocycles. The first-order valence-electron chi connectivity index (χ1n) is 8.88. The van der Waals surface area contributed by atoms with Crippen LogP contribution in [0.1, 0.15) is 49.4 Å². The molecule has 1 atom stereocenters. The Labute approximate surface area is 161 Å². The first kappa shape index (κ1) is 19.6. The maximum atomic E-state index is 13.5. The van der Waals surface area contributed by atoms with Gasteiger partial charge in [0.15, 0.2) is 0 Å². The zero-order valence-electron chi connectivity index (χ0n) is 15.2. The SMILES string of the molecule is CC(C)c1[nH]c(C(O)CCc2ccccc2)nc1Sc1cc(F)cc(F)c1. The Balaban J connectivity index is 1.77. The molecule has 3 rings (SSSR count). The summed E-state index contributed by atoms with van der Waals surface area (Å²) in [5.41, 5.74) is 2.00. The van der Waals surface area contributed by atoms with Crippen molar-refractivity contribution in [3.05, 3.63) is 77.2 Å². The third kappa shape index (κ3) is 5.17. The molecule has 0 aliphatic carbocycles. The van der Waals surface area contributed by atoms with E-state index in [0.717, 1.165) is 23.7 Å². The third-order valence-corrected chi connectivity index (χ3v) is 5.18. The molecule has 0 spiro atoms. The molecule has 27 heavy (non-hydrogen) atoms. The largest absolute Gasteiger partial charge is 0.385 e. The molecule has 0 fully saturated rings. The van der Waals surface area contributed by atoms with Crippen molar-refractivity contribution in [1.29, 1.82) is 0 Å². The van der Waals surface area contributed by atoms with Crippen LogP contribution in [-0.4, -0.2) is 15.1 Å². The number of aliphatic hydroxyl groups excluding tert-OH is 1. The number of rotatable bonds is 7. The summed E-state index contributed by atoms with van der Waals surface area (Å²) in [4.78, 5) is 8.14. The molecule has 0 aliphatic heterocycles. The minimum Gasteiger partial charge on any atom is -0.385 e. The third-order valence-electron chi connectivity index (χ3n) is 4.21. The van der Waals surface area contributed by atoms with Crippen molar-refractivity contribution in [2.75, 3.05) is 0 Å². The van der Waals surface area contributed by atoms with Crippen molar-refractivity contribution >= 4 is 11.8 Å². The van der Waals surface area contributed by atoms with E-state index >= 15 is 0 Å². The topological polar surface area (TPSA) is 48.9 Å². The van der Waals surface area contributed by atoms with Crippen molar-refractivity contribution < 1.29 is 13.9 Å². The number of nitrogens with one attached hydrogen (secondary N) is 1. The molecule has 0 amide bonds. The summed E-state index contributed by atoms with van der Waals surface area (Å²) in [6.45, 7) is 4.01. The second-order valence-electron chi connectivity index (χ2n) is 6.74. The highest BCUT2D eigenvalue weighted by molar-refractivity contribution is 7.99. The molecule has 2 aromatic carbocycles. The highest BCUT2D eigenvalue weighted by Crippen LogP contribution is 2.34. The Morgan fingerprint density at radius 3 is 2.37 bits per heavy atom. The minimum atomic E-state index is -0.735. The van der Waals surface area contributed by atoms with E-state index in [1.807, 2.05) is 44.2 Å². The lowest BCUT2D eigenvalue weighted by atomic mass is 10.1. The molecular weight excluding hydrogens is 366 g/mol. The predicted molar refractivity (Wildman–Crippen MR) is 103 cm³/mol. The van der Waals surface area contributed by atoms with Crippen LogP contribution >= 0.6 is 11.8 Å². The molecule has 0 saturated carbocycles. The molecule has 1 aromatic heterocycles. The molecular formula is C21H22F2N2OS. The lowest BCUT2D eigenvalue weighted by Crippen LogP contribution is -2.02. The molecule has 2 N–H and O–H groups in total. The Kier molecular flexibility index (Phi) is 6.29.